The van der Waals surface area contributed by atoms with Crippen LogP contribution in [0.25, 0.3) is 17.0 Å². The predicted octanol–water partition coefficient (Wildman–Crippen LogP) is 5.71. The van der Waals surface area contributed by atoms with Gasteiger partial charge in [-0.05, 0) is 67.5 Å². The number of nitrogens with zero attached hydrogens (tertiary/aromatic N) is 5. The van der Waals surface area contributed by atoms with Gasteiger partial charge in [0.2, 0.25) is 5.91 Å². The van der Waals surface area contributed by atoms with Gasteiger partial charge in [-0.3, -0.25) is 9.69 Å². The molecule has 5 rings (SSSR count). The van der Waals surface area contributed by atoms with Gasteiger partial charge >= 0.3 is 5.97 Å². The Hall–Kier alpha value is -3.94. The largest absolute Gasteiger partial charge is 0.466 e. The second-order valence-corrected chi connectivity index (χ2v) is 11.4. The fourth-order valence-corrected chi connectivity index (χ4v) is 6.02. The van der Waals surface area contributed by atoms with E-state index in [1.54, 1.807) is 6.08 Å². The number of esters is 1. The number of hydrogen-bond donors (Lipinski definition) is 0. The maximum absolute atomic E-state index is 14.1. The van der Waals surface area contributed by atoms with Crippen molar-refractivity contribution in [3.8, 4) is 0 Å². The Kier molecular flexibility index (Phi) is 9.17. The molecule has 8 heteroatoms. The van der Waals surface area contributed by atoms with Crippen LogP contribution in [0.15, 0.2) is 54.7 Å². The van der Waals surface area contributed by atoms with Crippen molar-refractivity contribution in [2.75, 3.05) is 55.5 Å². The smallest absolute Gasteiger partial charge is 0.330 e. The summed E-state index contributed by atoms with van der Waals surface area (Å²) in [6.45, 7) is 2.50. The first kappa shape index (κ1) is 28.6. The van der Waals surface area contributed by atoms with Crippen molar-refractivity contribution in [3.05, 3.63) is 60.3 Å². The summed E-state index contributed by atoms with van der Waals surface area (Å²) in [7, 11) is 5.36. The molecular weight excluding hydrogens is 514 g/mol. The maximum Gasteiger partial charge on any atom is 0.330 e. The summed E-state index contributed by atoms with van der Waals surface area (Å²) in [5.74, 6) is 1.78. The molecule has 0 N–H and O–H groups in total. The highest BCUT2D eigenvalue weighted by Gasteiger charge is 2.31. The molecular formula is C33H41N5O3. The van der Waals surface area contributed by atoms with Gasteiger partial charge < -0.3 is 14.5 Å². The molecule has 1 aromatic carbocycles. The van der Waals surface area contributed by atoms with Crippen molar-refractivity contribution in [3.63, 3.8) is 0 Å². The molecule has 216 valence electrons. The van der Waals surface area contributed by atoms with Gasteiger partial charge in [0.15, 0.2) is 0 Å². The molecule has 3 heterocycles. The SMILES string of the molecule is COC(=O)/C=C/c1cc(N(CC2CCN(c3ccc(N(C)C)nc3)CC2)C(=O)C2CCCCC2)nc2ccccc12. The van der Waals surface area contributed by atoms with Crippen LogP contribution >= 0.6 is 0 Å². The fourth-order valence-electron chi connectivity index (χ4n) is 6.02. The number of ether oxygens (including phenoxy) is 1. The number of para-hydroxylation sites is 1. The van der Waals surface area contributed by atoms with E-state index in [4.69, 9.17) is 9.72 Å². The van der Waals surface area contributed by atoms with Gasteiger partial charge in [-0.1, -0.05) is 37.5 Å². The Balaban J connectivity index is 1.39. The van der Waals surface area contributed by atoms with E-state index in [0.717, 1.165) is 79.6 Å². The summed E-state index contributed by atoms with van der Waals surface area (Å²) in [5, 5.41) is 0.934. The third kappa shape index (κ3) is 6.87. The van der Waals surface area contributed by atoms with Crippen LogP contribution in [0.4, 0.5) is 17.3 Å². The highest BCUT2D eigenvalue weighted by atomic mass is 16.5. The second-order valence-electron chi connectivity index (χ2n) is 11.4. The Morgan fingerprint density at radius 3 is 2.44 bits per heavy atom. The van der Waals surface area contributed by atoms with Crippen molar-refractivity contribution in [1.82, 2.24) is 9.97 Å². The molecule has 41 heavy (non-hydrogen) atoms. The minimum atomic E-state index is -0.416. The number of pyridine rings is 2. The maximum atomic E-state index is 14.1. The van der Waals surface area contributed by atoms with Crippen molar-refractivity contribution >= 4 is 46.2 Å². The van der Waals surface area contributed by atoms with Crippen molar-refractivity contribution < 1.29 is 14.3 Å². The molecule has 1 aliphatic heterocycles. The van der Waals surface area contributed by atoms with Gasteiger partial charge in [-0.15, -0.1) is 0 Å². The number of hydrogen-bond acceptors (Lipinski definition) is 7. The lowest BCUT2D eigenvalue weighted by atomic mass is 9.87. The summed E-state index contributed by atoms with van der Waals surface area (Å²) in [5.41, 5.74) is 2.79. The zero-order valence-corrected chi connectivity index (χ0v) is 24.5. The van der Waals surface area contributed by atoms with Gasteiger partial charge in [-0.25, -0.2) is 14.8 Å². The zero-order chi connectivity index (χ0) is 28.8. The molecule has 3 aromatic rings. The van der Waals surface area contributed by atoms with Crippen LogP contribution in [0.3, 0.4) is 0 Å². The first-order chi connectivity index (χ1) is 19.9. The number of carbonyl (C=O) groups is 2. The Labute approximate surface area is 243 Å². The lowest BCUT2D eigenvalue weighted by Gasteiger charge is -2.37. The van der Waals surface area contributed by atoms with Gasteiger partial charge in [0.05, 0.1) is 24.5 Å². The predicted molar refractivity (Wildman–Crippen MR) is 165 cm³/mol. The molecule has 1 amide bonds. The first-order valence-corrected chi connectivity index (χ1v) is 14.8. The van der Waals surface area contributed by atoms with E-state index in [-0.39, 0.29) is 11.8 Å². The number of benzene rings is 1. The van der Waals surface area contributed by atoms with Gasteiger partial charge in [0.25, 0.3) is 0 Å². The number of amides is 1. The molecule has 0 radical (unpaired) electrons. The molecule has 0 spiro atoms. The summed E-state index contributed by atoms with van der Waals surface area (Å²) < 4.78 is 4.82. The molecule has 0 unspecified atom stereocenters. The lowest BCUT2D eigenvalue weighted by molar-refractivity contribution is -0.134. The summed E-state index contributed by atoms with van der Waals surface area (Å²) >= 11 is 0. The van der Waals surface area contributed by atoms with Crippen LogP contribution in [-0.4, -0.2) is 62.7 Å². The molecule has 1 aliphatic carbocycles. The fraction of sp³-hybridized carbons (Fsp3) is 0.455. The van der Waals surface area contributed by atoms with Gasteiger partial charge in [0, 0.05) is 51.1 Å². The summed E-state index contributed by atoms with van der Waals surface area (Å²) in [4.78, 5) is 41.9. The molecule has 1 saturated heterocycles. The first-order valence-electron chi connectivity index (χ1n) is 14.8. The van der Waals surface area contributed by atoms with Crippen LogP contribution in [0.5, 0.6) is 0 Å². The van der Waals surface area contributed by atoms with E-state index in [2.05, 4.69) is 22.0 Å². The Bertz CT molecular complexity index is 1370. The third-order valence-electron chi connectivity index (χ3n) is 8.44. The van der Waals surface area contributed by atoms with Gasteiger partial charge in [-0.2, -0.15) is 0 Å². The van der Waals surface area contributed by atoms with E-state index >= 15 is 0 Å². The Morgan fingerprint density at radius 2 is 1.76 bits per heavy atom. The second kappa shape index (κ2) is 13.1. The molecule has 2 aromatic heterocycles. The lowest BCUT2D eigenvalue weighted by Crippen LogP contribution is -2.44. The third-order valence-corrected chi connectivity index (χ3v) is 8.44. The standard InChI is InChI=1S/C33H41N5O3/c1-36(2)30-15-14-27(22-34-30)37-19-17-24(18-20-37)23-38(33(40)25-9-5-4-6-10-25)31-21-26(13-16-32(39)41-3)28-11-7-8-12-29(28)35-31/h7-8,11-16,21-22,24-25H,4-6,9-10,17-20,23H2,1-3H3/b16-13+. The van der Waals surface area contributed by atoms with E-state index in [9.17, 15) is 9.59 Å². The van der Waals surface area contributed by atoms with E-state index in [1.165, 1.54) is 19.6 Å². The molecule has 2 aliphatic rings. The number of anilines is 3. The number of fused-ring (bicyclic) bond motifs is 1. The minimum absolute atomic E-state index is 0.0347. The molecule has 2 fully saturated rings. The van der Waals surface area contributed by atoms with Crippen LogP contribution in [0, 0.1) is 11.8 Å². The van der Waals surface area contributed by atoms with Crippen molar-refractivity contribution in [2.45, 2.75) is 44.9 Å². The number of aromatic nitrogens is 2. The quantitative estimate of drug-likeness (QED) is 0.260. The van der Waals surface area contributed by atoms with Crippen molar-refractivity contribution in [1.29, 1.82) is 0 Å². The van der Waals surface area contributed by atoms with Crippen LogP contribution in [0.1, 0.15) is 50.5 Å². The Morgan fingerprint density at radius 1 is 1.00 bits per heavy atom. The summed E-state index contributed by atoms with van der Waals surface area (Å²) in [6, 6.07) is 14.0. The highest BCUT2D eigenvalue weighted by molar-refractivity contribution is 5.98. The van der Waals surface area contributed by atoms with Crippen molar-refractivity contribution in [2.24, 2.45) is 11.8 Å². The molecule has 0 atom stereocenters. The van der Waals surface area contributed by atoms with Gasteiger partial charge in [0.1, 0.15) is 11.6 Å². The average Bonchev–Trinajstić information content (AvgIpc) is 3.02. The normalized spacial score (nSPS) is 16.7. The average molecular weight is 556 g/mol. The topological polar surface area (TPSA) is 78.9 Å². The van der Waals surface area contributed by atoms with Crippen LogP contribution < -0.4 is 14.7 Å². The zero-order valence-electron chi connectivity index (χ0n) is 24.5. The summed E-state index contributed by atoms with van der Waals surface area (Å²) in [6.07, 6.45) is 12.4. The van der Waals surface area contributed by atoms with E-state index < -0.39 is 5.97 Å². The molecule has 0 bridgehead atoms. The number of piperidine rings is 1. The molecule has 1 saturated carbocycles. The molecule has 8 nitrogen and oxygen atoms in total. The minimum Gasteiger partial charge on any atom is -0.466 e. The number of methoxy groups -OCH3 is 1. The number of rotatable bonds is 8. The highest BCUT2D eigenvalue weighted by Crippen LogP contribution is 2.32. The monoisotopic (exact) mass is 555 g/mol. The van der Waals surface area contributed by atoms with Crippen LogP contribution in [-0.2, 0) is 14.3 Å². The van der Waals surface area contributed by atoms with E-state index in [1.807, 2.05) is 60.4 Å². The van der Waals surface area contributed by atoms with E-state index in [0.29, 0.717) is 18.3 Å². The van der Waals surface area contributed by atoms with Crippen LogP contribution in [0.2, 0.25) is 0 Å². The number of carbonyl (C=O) groups excluding carboxylic acids is 2.